The minimum absolute atomic E-state index is 0.372. The second kappa shape index (κ2) is 5.85. The van der Waals surface area contributed by atoms with E-state index in [9.17, 15) is 9.18 Å². The summed E-state index contributed by atoms with van der Waals surface area (Å²) in [4.78, 5) is 13.5. The van der Waals surface area contributed by atoms with Crippen molar-refractivity contribution in [3.63, 3.8) is 0 Å². The summed E-state index contributed by atoms with van der Waals surface area (Å²) in [5.41, 5.74) is 1.86. The first kappa shape index (κ1) is 12.9. The van der Waals surface area contributed by atoms with Crippen molar-refractivity contribution in [1.82, 2.24) is 0 Å². The topological polar surface area (TPSA) is 29.5 Å². The van der Waals surface area contributed by atoms with Crippen LogP contribution in [-0.4, -0.2) is 25.4 Å². The van der Waals surface area contributed by atoms with Gasteiger partial charge in [0.2, 0.25) is 0 Å². The molecule has 0 fully saturated rings. The second-order valence-corrected chi connectivity index (χ2v) is 4.46. The van der Waals surface area contributed by atoms with Gasteiger partial charge in [-0.15, -0.1) is 0 Å². The van der Waals surface area contributed by atoms with E-state index >= 15 is 0 Å². The number of benzene rings is 1. The highest BCUT2D eigenvalue weighted by molar-refractivity contribution is 5.90. The molecule has 2 rings (SSSR count). The lowest BCUT2D eigenvalue weighted by Crippen LogP contribution is -2.45. The lowest BCUT2D eigenvalue weighted by Gasteiger charge is -2.34. The standard InChI is InChI=1S/C14H18FNO2/c1-2-9-18-14(17)16-12(10-15)8-7-11-5-3-4-6-13(11)16/h3-6,12H,2,7-10H2,1H3. The molecule has 0 bridgehead atoms. The molecule has 0 N–H and O–H groups in total. The minimum atomic E-state index is -0.532. The molecule has 1 unspecified atom stereocenters. The van der Waals surface area contributed by atoms with E-state index in [4.69, 9.17) is 4.74 Å². The van der Waals surface area contributed by atoms with Crippen LogP contribution in [0, 0.1) is 0 Å². The van der Waals surface area contributed by atoms with E-state index in [2.05, 4.69) is 0 Å². The van der Waals surface area contributed by atoms with Crippen molar-refractivity contribution >= 4 is 11.8 Å². The van der Waals surface area contributed by atoms with Gasteiger partial charge in [-0.25, -0.2) is 9.18 Å². The molecule has 3 nitrogen and oxygen atoms in total. The summed E-state index contributed by atoms with van der Waals surface area (Å²) in [7, 11) is 0. The Morgan fingerprint density at radius 1 is 1.50 bits per heavy atom. The zero-order valence-electron chi connectivity index (χ0n) is 10.6. The largest absolute Gasteiger partial charge is 0.449 e. The summed E-state index contributed by atoms with van der Waals surface area (Å²) in [5.74, 6) is 0. The quantitative estimate of drug-likeness (QED) is 0.824. The number of hydrogen-bond acceptors (Lipinski definition) is 2. The summed E-state index contributed by atoms with van der Waals surface area (Å²) >= 11 is 0. The Labute approximate surface area is 107 Å². The van der Waals surface area contributed by atoms with E-state index < -0.39 is 18.8 Å². The number of nitrogens with zero attached hydrogens (tertiary/aromatic N) is 1. The summed E-state index contributed by atoms with van der Waals surface area (Å²) in [6.45, 7) is 1.77. The zero-order valence-corrected chi connectivity index (χ0v) is 10.6. The van der Waals surface area contributed by atoms with E-state index in [1.165, 1.54) is 4.90 Å². The number of fused-ring (bicyclic) bond motifs is 1. The van der Waals surface area contributed by atoms with E-state index in [1.54, 1.807) is 0 Å². The predicted octanol–water partition coefficient (Wildman–Crippen LogP) is 3.32. The van der Waals surface area contributed by atoms with Crippen LogP contribution in [0.4, 0.5) is 14.9 Å². The Bertz CT molecular complexity index is 422. The van der Waals surface area contributed by atoms with Gasteiger partial charge in [-0.2, -0.15) is 0 Å². The third-order valence-electron chi connectivity index (χ3n) is 3.17. The Balaban J connectivity index is 2.26. The average Bonchev–Trinajstić information content (AvgIpc) is 2.43. The molecular formula is C14H18FNO2. The number of anilines is 1. The number of amides is 1. The summed E-state index contributed by atoms with van der Waals surface area (Å²) in [5, 5.41) is 0. The first-order valence-corrected chi connectivity index (χ1v) is 6.37. The Kier molecular flexibility index (Phi) is 4.18. The van der Waals surface area contributed by atoms with Crippen LogP contribution in [0.3, 0.4) is 0 Å². The van der Waals surface area contributed by atoms with Gasteiger partial charge in [0.15, 0.2) is 0 Å². The number of para-hydroxylation sites is 1. The lowest BCUT2D eigenvalue weighted by atomic mass is 9.97. The lowest BCUT2D eigenvalue weighted by molar-refractivity contribution is 0.148. The highest BCUT2D eigenvalue weighted by atomic mass is 19.1. The molecule has 0 aromatic heterocycles. The van der Waals surface area contributed by atoms with Gasteiger partial charge in [0.25, 0.3) is 0 Å². The zero-order chi connectivity index (χ0) is 13.0. The van der Waals surface area contributed by atoms with Gasteiger partial charge in [-0.05, 0) is 30.9 Å². The van der Waals surface area contributed by atoms with Crippen molar-refractivity contribution in [3.8, 4) is 0 Å². The third-order valence-corrected chi connectivity index (χ3v) is 3.17. The van der Waals surface area contributed by atoms with Crippen molar-refractivity contribution < 1.29 is 13.9 Å². The van der Waals surface area contributed by atoms with Gasteiger partial charge in [0, 0.05) is 0 Å². The molecule has 18 heavy (non-hydrogen) atoms. The molecule has 0 aliphatic carbocycles. The maximum Gasteiger partial charge on any atom is 0.414 e. The number of ether oxygens (including phenoxy) is 1. The highest BCUT2D eigenvalue weighted by Gasteiger charge is 2.31. The Hall–Kier alpha value is -1.58. The predicted molar refractivity (Wildman–Crippen MR) is 68.6 cm³/mol. The Morgan fingerprint density at radius 2 is 2.28 bits per heavy atom. The number of halogens is 1. The van der Waals surface area contributed by atoms with E-state index in [-0.39, 0.29) is 0 Å². The highest BCUT2D eigenvalue weighted by Crippen LogP contribution is 2.31. The monoisotopic (exact) mass is 251 g/mol. The number of carbonyl (C=O) groups is 1. The van der Waals surface area contributed by atoms with Gasteiger partial charge < -0.3 is 4.74 Å². The van der Waals surface area contributed by atoms with Crippen LogP contribution in [0.5, 0.6) is 0 Å². The number of hydrogen-bond donors (Lipinski definition) is 0. The van der Waals surface area contributed by atoms with Crippen molar-refractivity contribution in [1.29, 1.82) is 0 Å². The average molecular weight is 251 g/mol. The molecular weight excluding hydrogens is 233 g/mol. The van der Waals surface area contributed by atoms with Gasteiger partial charge in [0.05, 0.1) is 18.3 Å². The maximum atomic E-state index is 13.1. The molecule has 1 aromatic rings. The van der Waals surface area contributed by atoms with Crippen molar-refractivity contribution in [2.75, 3.05) is 18.2 Å². The fourth-order valence-electron chi connectivity index (χ4n) is 2.26. The van der Waals surface area contributed by atoms with Crippen LogP contribution in [0.2, 0.25) is 0 Å². The molecule has 4 heteroatoms. The van der Waals surface area contributed by atoms with Crippen molar-refractivity contribution in [2.24, 2.45) is 0 Å². The fraction of sp³-hybridized carbons (Fsp3) is 0.500. The van der Waals surface area contributed by atoms with Crippen LogP contribution in [0.15, 0.2) is 24.3 Å². The number of rotatable bonds is 3. The molecule has 98 valence electrons. The molecule has 1 atom stereocenters. The van der Waals surface area contributed by atoms with Gasteiger partial charge in [-0.1, -0.05) is 25.1 Å². The molecule has 1 amide bonds. The van der Waals surface area contributed by atoms with E-state index in [1.807, 2.05) is 31.2 Å². The smallest absolute Gasteiger partial charge is 0.414 e. The van der Waals surface area contributed by atoms with Crippen LogP contribution in [0.1, 0.15) is 25.3 Å². The molecule has 0 saturated heterocycles. The van der Waals surface area contributed by atoms with Crippen molar-refractivity contribution in [3.05, 3.63) is 29.8 Å². The Morgan fingerprint density at radius 3 is 3.00 bits per heavy atom. The van der Waals surface area contributed by atoms with Crippen LogP contribution >= 0.6 is 0 Å². The number of aryl methyl sites for hydroxylation is 1. The normalized spacial score (nSPS) is 18.3. The van der Waals surface area contributed by atoms with Gasteiger partial charge >= 0.3 is 6.09 Å². The van der Waals surface area contributed by atoms with E-state index in [0.29, 0.717) is 13.0 Å². The molecule has 1 aliphatic rings. The third kappa shape index (κ3) is 2.47. The number of carbonyl (C=O) groups excluding carboxylic acids is 1. The molecule has 1 aliphatic heterocycles. The first-order valence-electron chi connectivity index (χ1n) is 6.37. The molecule has 0 spiro atoms. The maximum absolute atomic E-state index is 13.1. The fourth-order valence-corrected chi connectivity index (χ4v) is 2.26. The molecule has 0 radical (unpaired) electrons. The van der Waals surface area contributed by atoms with Gasteiger partial charge in [-0.3, -0.25) is 4.90 Å². The minimum Gasteiger partial charge on any atom is -0.449 e. The SMILES string of the molecule is CCCOC(=O)N1c2ccccc2CCC1CF. The van der Waals surface area contributed by atoms with Crippen LogP contribution in [0.25, 0.3) is 0 Å². The molecule has 1 heterocycles. The molecule has 0 saturated carbocycles. The summed E-state index contributed by atoms with van der Waals surface area (Å²) < 4.78 is 18.2. The molecule has 1 aromatic carbocycles. The first-order chi connectivity index (χ1) is 8.77. The summed E-state index contributed by atoms with van der Waals surface area (Å²) in [6, 6.07) is 7.22. The van der Waals surface area contributed by atoms with Gasteiger partial charge in [0.1, 0.15) is 6.67 Å². The van der Waals surface area contributed by atoms with Crippen LogP contribution < -0.4 is 4.90 Å². The van der Waals surface area contributed by atoms with Crippen molar-refractivity contribution in [2.45, 2.75) is 32.2 Å². The number of alkyl halides is 1. The van der Waals surface area contributed by atoms with E-state index in [0.717, 1.165) is 24.1 Å². The summed E-state index contributed by atoms with van der Waals surface area (Å²) in [6.07, 6.45) is 1.78. The van der Waals surface area contributed by atoms with Crippen LogP contribution in [-0.2, 0) is 11.2 Å². The second-order valence-electron chi connectivity index (χ2n) is 4.46.